The molecule has 0 aromatic rings. The molecule has 0 aromatic heterocycles. The lowest BCUT2D eigenvalue weighted by Gasteiger charge is -2.27. The number of aliphatic hydroxyl groups is 3. The van der Waals surface area contributed by atoms with Crippen LogP contribution in [-0.2, 0) is 38.4 Å². The van der Waals surface area contributed by atoms with Gasteiger partial charge in [-0.25, -0.2) is 4.79 Å². The number of rotatable bonds is 21. The molecule has 0 unspecified atom stereocenters. The number of aliphatic carboxylic acids is 1. The van der Waals surface area contributed by atoms with Crippen molar-refractivity contribution in [3.05, 3.63) is 0 Å². The monoisotopic (exact) mass is 662 g/mol. The number of primary amides is 1. The second kappa shape index (κ2) is 20.6. The number of nitrogens with one attached hydrogen (secondary N) is 6. The highest BCUT2D eigenvalue weighted by molar-refractivity contribution is 5.97. The summed E-state index contributed by atoms with van der Waals surface area (Å²) >= 11 is 0. The molecule has 0 saturated carbocycles. The van der Waals surface area contributed by atoms with Crippen LogP contribution in [-0.4, -0.2) is 130 Å². The van der Waals surface area contributed by atoms with E-state index in [2.05, 4.69) is 31.9 Å². The molecule has 20 nitrogen and oxygen atoms in total. The molecule has 14 N–H and O–H groups in total. The highest BCUT2D eigenvalue weighted by atomic mass is 16.4. The first kappa shape index (κ1) is 41.6. The highest BCUT2D eigenvalue weighted by Crippen LogP contribution is 2.08. The molecular weight excluding hydrogens is 616 g/mol. The van der Waals surface area contributed by atoms with Crippen molar-refractivity contribution < 1.29 is 58.8 Å². The lowest BCUT2D eigenvalue weighted by molar-refractivity contribution is -0.145. The fourth-order valence-electron chi connectivity index (χ4n) is 3.77. The fourth-order valence-corrected chi connectivity index (χ4v) is 3.77. The van der Waals surface area contributed by atoms with Gasteiger partial charge in [-0.15, -0.1) is 0 Å². The van der Waals surface area contributed by atoms with Gasteiger partial charge >= 0.3 is 5.97 Å². The summed E-state index contributed by atoms with van der Waals surface area (Å²) in [5.74, 6) is -8.35. The van der Waals surface area contributed by atoms with Crippen LogP contribution in [0.2, 0.25) is 0 Å². The van der Waals surface area contributed by atoms with E-state index in [0.717, 1.165) is 6.92 Å². The number of hydrogen-bond acceptors (Lipinski definition) is 12. The van der Waals surface area contributed by atoms with Crippen LogP contribution in [0.5, 0.6) is 0 Å². The van der Waals surface area contributed by atoms with Crippen molar-refractivity contribution in [2.75, 3.05) is 19.8 Å². The predicted molar refractivity (Wildman–Crippen MR) is 158 cm³/mol. The number of aliphatic hydroxyl groups excluding tert-OH is 3. The number of carbonyl (C=O) groups is 8. The quantitative estimate of drug-likeness (QED) is 0.0545. The normalized spacial score (nSPS) is 15.5. The molecule has 46 heavy (non-hydrogen) atoms. The number of carboxylic acids is 1. The average molecular weight is 663 g/mol. The van der Waals surface area contributed by atoms with Gasteiger partial charge in [0, 0.05) is 6.42 Å². The van der Waals surface area contributed by atoms with Gasteiger partial charge in [0.2, 0.25) is 41.4 Å². The van der Waals surface area contributed by atoms with Crippen LogP contribution in [0.4, 0.5) is 0 Å². The van der Waals surface area contributed by atoms with Gasteiger partial charge < -0.3 is 63.8 Å². The first-order valence-corrected chi connectivity index (χ1v) is 14.3. The lowest BCUT2D eigenvalue weighted by Crippen LogP contribution is -2.61. The van der Waals surface area contributed by atoms with Crippen LogP contribution in [0.15, 0.2) is 0 Å². The first-order chi connectivity index (χ1) is 21.4. The van der Waals surface area contributed by atoms with Crippen LogP contribution in [0.3, 0.4) is 0 Å². The minimum absolute atomic E-state index is 0.0268. The Morgan fingerprint density at radius 3 is 1.50 bits per heavy atom. The number of hydrogen-bond donors (Lipinski definition) is 12. The molecule has 0 fully saturated rings. The molecule has 0 rings (SSSR count). The Balaban J connectivity index is 5.79. The Labute approximate surface area is 264 Å². The van der Waals surface area contributed by atoms with Gasteiger partial charge in [0.25, 0.3) is 0 Å². The molecular formula is C26H46N8O12. The van der Waals surface area contributed by atoms with E-state index in [9.17, 15) is 58.8 Å². The first-order valence-electron chi connectivity index (χ1n) is 14.3. The van der Waals surface area contributed by atoms with E-state index in [1.165, 1.54) is 6.92 Å². The molecule has 0 aliphatic heterocycles. The van der Waals surface area contributed by atoms with Crippen molar-refractivity contribution in [1.82, 2.24) is 31.9 Å². The molecule has 7 amide bonds. The third-order valence-electron chi connectivity index (χ3n) is 6.29. The maximum Gasteiger partial charge on any atom is 0.328 e. The van der Waals surface area contributed by atoms with E-state index >= 15 is 0 Å². The smallest absolute Gasteiger partial charge is 0.328 e. The van der Waals surface area contributed by atoms with Crippen molar-refractivity contribution in [3.8, 4) is 0 Å². The topological polar surface area (TPSA) is 342 Å². The van der Waals surface area contributed by atoms with Gasteiger partial charge in [0.15, 0.2) is 6.04 Å². The summed E-state index contributed by atoms with van der Waals surface area (Å²) in [6, 6.07) is -9.09. The second-order valence-electron chi connectivity index (χ2n) is 10.8. The van der Waals surface area contributed by atoms with Crippen molar-refractivity contribution in [2.24, 2.45) is 17.4 Å². The van der Waals surface area contributed by atoms with Crippen LogP contribution >= 0.6 is 0 Å². The Hall–Kier alpha value is -4.40. The van der Waals surface area contributed by atoms with Gasteiger partial charge in [-0.2, -0.15) is 0 Å². The summed E-state index contributed by atoms with van der Waals surface area (Å²) in [6.45, 7) is 3.47. The van der Waals surface area contributed by atoms with Gasteiger partial charge in [-0.1, -0.05) is 13.8 Å². The summed E-state index contributed by atoms with van der Waals surface area (Å²) in [4.78, 5) is 98.3. The molecule has 20 heteroatoms. The minimum Gasteiger partial charge on any atom is -0.480 e. The van der Waals surface area contributed by atoms with Crippen LogP contribution in [0.25, 0.3) is 0 Å². The fraction of sp³-hybridized carbons (Fsp3) is 0.692. The van der Waals surface area contributed by atoms with Crippen LogP contribution in [0.1, 0.15) is 47.0 Å². The summed E-state index contributed by atoms with van der Waals surface area (Å²) in [6.07, 6.45) is -2.31. The minimum atomic E-state index is -1.75. The molecule has 7 atom stereocenters. The zero-order chi connectivity index (χ0) is 35.7. The molecule has 0 bridgehead atoms. The van der Waals surface area contributed by atoms with E-state index < -0.39 is 116 Å². The number of amides is 7. The second-order valence-corrected chi connectivity index (χ2v) is 10.8. The standard InChI is InChI=1S/C26H46N8O12/c1-11(2)7-15(23(42)30-14(5-6-18(28)38)22(41)34-20(13(4)37)26(45)46)31-24(43)17(10-36)33-25(44)16(9-35)32-21(40)12(3)29-19(39)8-27/h11-17,20,35-37H,5-10,27H2,1-4H3,(H2,28,38)(H,29,39)(H,30,42)(H,31,43)(H,32,40)(H,33,44)(H,34,41)(H,45,46)/t12-,13+,14-,15-,16-,17-,20-/m0/s1. The average Bonchev–Trinajstić information content (AvgIpc) is 2.97. The molecule has 0 aromatic carbocycles. The van der Waals surface area contributed by atoms with E-state index in [1.807, 2.05) is 0 Å². The summed E-state index contributed by atoms with van der Waals surface area (Å²) in [7, 11) is 0. The predicted octanol–water partition coefficient (Wildman–Crippen LogP) is -6.36. The van der Waals surface area contributed by atoms with Crippen molar-refractivity contribution in [3.63, 3.8) is 0 Å². The third kappa shape index (κ3) is 15.1. The molecule has 0 spiro atoms. The molecule has 0 saturated heterocycles. The Morgan fingerprint density at radius 2 is 1.09 bits per heavy atom. The third-order valence-corrected chi connectivity index (χ3v) is 6.29. The molecule has 0 heterocycles. The van der Waals surface area contributed by atoms with Crippen molar-refractivity contribution in [2.45, 2.75) is 89.3 Å². The van der Waals surface area contributed by atoms with Gasteiger partial charge in [0.05, 0.1) is 25.9 Å². The van der Waals surface area contributed by atoms with Crippen molar-refractivity contribution >= 4 is 47.3 Å². The van der Waals surface area contributed by atoms with E-state index in [4.69, 9.17) is 11.5 Å². The molecule has 262 valence electrons. The summed E-state index contributed by atoms with van der Waals surface area (Å²) < 4.78 is 0. The Bertz CT molecular complexity index is 1100. The Morgan fingerprint density at radius 1 is 0.652 bits per heavy atom. The maximum atomic E-state index is 13.2. The Kier molecular flexibility index (Phi) is 18.6. The molecule has 0 radical (unpaired) electrons. The van der Waals surface area contributed by atoms with E-state index in [-0.39, 0.29) is 18.8 Å². The van der Waals surface area contributed by atoms with Crippen molar-refractivity contribution in [1.29, 1.82) is 0 Å². The van der Waals surface area contributed by atoms with E-state index in [0.29, 0.717) is 0 Å². The highest BCUT2D eigenvalue weighted by Gasteiger charge is 2.33. The SMILES string of the molecule is CC(C)C[C@H](NC(=O)[C@H](CO)NC(=O)[C@H](CO)NC(=O)[C@H](C)NC(=O)CN)C(=O)N[C@@H](CCC(N)=O)C(=O)N[C@H](C(=O)O)[C@@H](C)O. The summed E-state index contributed by atoms with van der Waals surface area (Å²) in [5.41, 5.74) is 10.3. The zero-order valence-electron chi connectivity index (χ0n) is 26.1. The largest absolute Gasteiger partial charge is 0.480 e. The van der Waals surface area contributed by atoms with Gasteiger partial charge in [-0.05, 0) is 32.6 Å². The lowest BCUT2D eigenvalue weighted by atomic mass is 10.0. The number of carboxylic acid groups (broad SMARTS) is 1. The maximum absolute atomic E-state index is 13.2. The number of nitrogens with two attached hydrogens (primary N) is 2. The van der Waals surface area contributed by atoms with Crippen LogP contribution < -0.4 is 43.4 Å². The molecule has 0 aliphatic carbocycles. The van der Waals surface area contributed by atoms with Gasteiger partial charge in [-0.3, -0.25) is 33.6 Å². The summed E-state index contributed by atoms with van der Waals surface area (Å²) in [5, 5.41) is 51.7. The zero-order valence-corrected chi connectivity index (χ0v) is 26.1. The number of carbonyl (C=O) groups excluding carboxylic acids is 7. The van der Waals surface area contributed by atoms with E-state index in [1.54, 1.807) is 13.8 Å². The van der Waals surface area contributed by atoms with Crippen LogP contribution in [0, 0.1) is 5.92 Å². The van der Waals surface area contributed by atoms with Gasteiger partial charge in [0.1, 0.15) is 30.2 Å². The molecule has 0 aliphatic rings.